The van der Waals surface area contributed by atoms with Gasteiger partial charge in [-0.1, -0.05) is 17.3 Å². The van der Waals surface area contributed by atoms with Crippen molar-refractivity contribution < 1.29 is 9.90 Å². The Bertz CT molecular complexity index is 554. The van der Waals surface area contributed by atoms with Crippen LogP contribution in [0.3, 0.4) is 0 Å². The summed E-state index contributed by atoms with van der Waals surface area (Å²) in [6, 6.07) is 6.80. The summed E-state index contributed by atoms with van der Waals surface area (Å²) in [5.41, 5.74) is 1.40. The first-order valence-corrected chi connectivity index (χ1v) is 6.32. The summed E-state index contributed by atoms with van der Waals surface area (Å²) in [6.07, 6.45) is 2.75. The summed E-state index contributed by atoms with van der Waals surface area (Å²) < 4.78 is 1.63. The number of hydrogen-bond acceptors (Lipinski definition) is 4. The second kappa shape index (κ2) is 6.67. The monoisotopic (exact) mass is 275 g/mol. The third-order valence-electron chi connectivity index (χ3n) is 2.73. The molecule has 1 atom stereocenters. The van der Waals surface area contributed by atoms with E-state index in [0.717, 1.165) is 5.56 Å². The highest BCUT2D eigenvalue weighted by atomic mass is 16.3. The Morgan fingerprint density at radius 1 is 1.50 bits per heavy atom. The zero-order valence-electron chi connectivity index (χ0n) is 11.2. The van der Waals surface area contributed by atoms with E-state index in [1.54, 1.807) is 48.3 Å². The number of urea groups is 1. The van der Waals surface area contributed by atoms with Crippen LogP contribution < -0.4 is 10.6 Å². The quantitative estimate of drug-likeness (QED) is 0.763. The lowest BCUT2D eigenvalue weighted by atomic mass is 10.1. The number of nitrogens with one attached hydrogen (secondary N) is 2. The summed E-state index contributed by atoms with van der Waals surface area (Å²) in [5, 5.41) is 22.4. The molecule has 0 bridgehead atoms. The van der Waals surface area contributed by atoms with Crippen molar-refractivity contribution in [3.05, 3.63) is 42.2 Å². The van der Waals surface area contributed by atoms with E-state index in [1.165, 1.54) is 0 Å². The number of benzene rings is 1. The van der Waals surface area contributed by atoms with Gasteiger partial charge in [0, 0.05) is 18.4 Å². The molecule has 2 rings (SSSR count). The van der Waals surface area contributed by atoms with Gasteiger partial charge < -0.3 is 15.7 Å². The maximum Gasteiger partial charge on any atom is 0.319 e. The Balaban J connectivity index is 1.80. The zero-order valence-corrected chi connectivity index (χ0v) is 11.2. The molecule has 20 heavy (non-hydrogen) atoms. The van der Waals surface area contributed by atoms with Crippen LogP contribution in [0.25, 0.3) is 0 Å². The van der Waals surface area contributed by atoms with Crippen LogP contribution in [0.4, 0.5) is 10.5 Å². The summed E-state index contributed by atoms with van der Waals surface area (Å²) in [5.74, 6) is 0. The summed E-state index contributed by atoms with van der Waals surface area (Å²) in [6.45, 7) is 2.68. The highest BCUT2D eigenvalue weighted by Crippen LogP contribution is 2.16. The number of carbonyl (C=O) groups excluding carboxylic acids is 1. The minimum atomic E-state index is -0.563. The molecule has 1 unspecified atom stereocenters. The van der Waals surface area contributed by atoms with Gasteiger partial charge in [-0.25, -0.2) is 4.79 Å². The van der Waals surface area contributed by atoms with E-state index in [1.807, 2.05) is 0 Å². The Hall–Kier alpha value is -2.41. The molecule has 0 spiro atoms. The van der Waals surface area contributed by atoms with Gasteiger partial charge in [-0.3, -0.25) is 4.68 Å². The minimum absolute atomic E-state index is 0.298. The van der Waals surface area contributed by atoms with Gasteiger partial charge in [0.15, 0.2) is 0 Å². The molecule has 0 aliphatic heterocycles. The highest BCUT2D eigenvalue weighted by molar-refractivity contribution is 5.89. The van der Waals surface area contributed by atoms with Crippen LogP contribution in [0, 0.1) is 0 Å². The Morgan fingerprint density at radius 3 is 3.05 bits per heavy atom. The molecular weight excluding hydrogens is 258 g/mol. The molecule has 7 nitrogen and oxygen atoms in total. The van der Waals surface area contributed by atoms with Crippen molar-refractivity contribution in [3.63, 3.8) is 0 Å². The van der Waals surface area contributed by atoms with E-state index in [-0.39, 0.29) is 6.03 Å². The number of rotatable bonds is 5. The number of amides is 2. The fourth-order valence-corrected chi connectivity index (χ4v) is 1.69. The van der Waals surface area contributed by atoms with Gasteiger partial charge in [0.2, 0.25) is 0 Å². The molecule has 2 amide bonds. The van der Waals surface area contributed by atoms with E-state index in [0.29, 0.717) is 18.8 Å². The predicted octanol–water partition coefficient (Wildman–Crippen LogP) is 1.15. The first kappa shape index (κ1) is 14.0. The number of hydrogen-bond donors (Lipinski definition) is 3. The van der Waals surface area contributed by atoms with E-state index in [2.05, 4.69) is 20.9 Å². The fraction of sp³-hybridized carbons (Fsp3) is 0.308. The van der Waals surface area contributed by atoms with Gasteiger partial charge in [-0.05, 0) is 24.6 Å². The smallest absolute Gasteiger partial charge is 0.319 e. The van der Waals surface area contributed by atoms with Crippen molar-refractivity contribution in [3.8, 4) is 0 Å². The largest absolute Gasteiger partial charge is 0.389 e. The number of aliphatic hydroxyl groups excluding tert-OH is 1. The predicted molar refractivity (Wildman–Crippen MR) is 74.1 cm³/mol. The van der Waals surface area contributed by atoms with Gasteiger partial charge in [0.05, 0.1) is 18.8 Å². The molecule has 0 fully saturated rings. The van der Waals surface area contributed by atoms with Crippen molar-refractivity contribution >= 4 is 11.7 Å². The SMILES string of the molecule is CC(O)c1cccc(NC(=O)NCCn2ccnn2)c1. The molecule has 7 heteroatoms. The van der Waals surface area contributed by atoms with Crippen molar-refractivity contribution in [1.82, 2.24) is 20.3 Å². The number of carbonyl (C=O) groups is 1. The molecule has 1 aromatic heterocycles. The maximum absolute atomic E-state index is 11.7. The topological polar surface area (TPSA) is 92.1 Å². The summed E-state index contributed by atoms with van der Waals surface area (Å²) >= 11 is 0. The van der Waals surface area contributed by atoms with Crippen LogP contribution in [-0.2, 0) is 6.54 Å². The molecule has 1 heterocycles. The molecule has 3 N–H and O–H groups in total. The Morgan fingerprint density at radius 2 is 2.35 bits per heavy atom. The van der Waals surface area contributed by atoms with Crippen molar-refractivity contribution in [2.45, 2.75) is 19.6 Å². The van der Waals surface area contributed by atoms with Crippen molar-refractivity contribution in [1.29, 1.82) is 0 Å². The van der Waals surface area contributed by atoms with Crippen LogP contribution in [0.5, 0.6) is 0 Å². The highest BCUT2D eigenvalue weighted by Gasteiger charge is 2.04. The number of aliphatic hydroxyl groups is 1. The molecular formula is C13H17N5O2. The molecule has 0 saturated heterocycles. The van der Waals surface area contributed by atoms with Crippen LogP contribution in [0.15, 0.2) is 36.7 Å². The third kappa shape index (κ3) is 4.06. The lowest BCUT2D eigenvalue weighted by molar-refractivity contribution is 0.199. The molecule has 0 radical (unpaired) electrons. The first-order chi connectivity index (χ1) is 9.65. The summed E-state index contributed by atoms with van der Waals surface area (Å²) in [4.78, 5) is 11.7. The van der Waals surface area contributed by atoms with E-state index >= 15 is 0 Å². The number of nitrogens with zero attached hydrogens (tertiary/aromatic N) is 3. The van der Waals surface area contributed by atoms with Crippen LogP contribution in [0.2, 0.25) is 0 Å². The van der Waals surface area contributed by atoms with E-state index < -0.39 is 6.10 Å². The second-order valence-corrected chi connectivity index (χ2v) is 4.35. The molecule has 106 valence electrons. The minimum Gasteiger partial charge on any atom is -0.389 e. The van der Waals surface area contributed by atoms with Crippen molar-refractivity contribution in [2.24, 2.45) is 0 Å². The lowest BCUT2D eigenvalue weighted by Gasteiger charge is -2.10. The Labute approximate surface area is 116 Å². The molecule has 1 aromatic carbocycles. The summed E-state index contributed by atoms with van der Waals surface area (Å²) in [7, 11) is 0. The van der Waals surface area contributed by atoms with E-state index in [9.17, 15) is 9.90 Å². The average molecular weight is 275 g/mol. The second-order valence-electron chi connectivity index (χ2n) is 4.35. The molecule has 0 aliphatic carbocycles. The van der Waals surface area contributed by atoms with Gasteiger partial charge >= 0.3 is 6.03 Å². The van der Waals surface area contributed by atoms with Gasteiger partial charge in [0.1, 0.15) is 0 Å². The first-order valence-electron chi connectivity index (χ1n) is 6.32. The Kier molecular flexibility index (Phi) is 4.67. The molecule has 2 aromatic rings. The normalized spacial score (nSPS) is 11.9. The number of anilines is 1. The third-order valence-corrected chi connectivity index (χ3v) is 2.73. The fourth-order valence-electron chi connectivity index (χ4n) is 1.69. The average Bonchev–Trinajstić information content (AvgIpc) is 2.92. The maximum atomic E-state index is 11.7. The van der Waals surface area contributed by atoms with Crippen LogP contribution in [0.1, 0.15) is 18.6 Å². The van der Waals surface area contributed by atoms with Crippen LogP contribution >= 0.6 is 0 Å². The molecule has 0 saturated carbocycles. The van der Waals surface area contributed by atoms with Crippen molar-refractivity contribution in [2.75, 3.05) is 11.9 Å². The van der Waals surface area contributed by atoms with Gasteiger partial charge in [-0.2, -0.15) is 0 Å². The van der Waals surface area contributed by atoms with E-state index in [4.69, 9.17) is 0 Å². The molecule has 0 aliphatic rings. The standard InChI is InChI=1S/C13H17N5O2/c1-10(19)11-3-2-4-12(9-11)16-13(20)14-5-7-18-8-6-15-17-18/h2-4,6,8-10,19H,5,7H2,1H3,(H2,14,16,20). The number of aromatic nitrogens is 3. The van der Waals surface area contributed by atoms with Crippen LogP contribution in [-0.4, -0.2) is 32.7 Å². The zero-order chi connectivity index (χ0) is 14.4. The van der Waals surface area contributed by atoms with Gasteiger partial charge in [-0.15, -0.1) is 5.10 Å². The van der Waals surface area contributed by atoms with Gasteiger partial charge in [0.25, 0.3) is 0 Å². The lowest BCUT2D eigenvalue weighted by Crippen LogP contribution is -2.31.